The van der Waals surface area contributed by atoms with Crippen molar-refractivity contribution in [3.8, 4) is 11.5 Å². The van der Waals surface area contributed by atoms with E-state index in [-0.39, 0.29) is 18.7 Å². The number of nitrogens with zero attached hydrogens (tertiary/aromatic N) is 3. The topological polar surface area (TPSA) is 68.0 Å². The molecule has 1 aromatic carbocycles. The van der Waals surface area contributed by atoms with Crippen LogP contribution in [0.5, 0.6) is 11.5 Å². The van der Waals surface area contributed by atoms with E-state index in [1.165, 1.54) is 11.3 Å². The molecule has 0 aliphatic carbocycles. The molecule has 5 rings (SSSR count). The predicted octanol–water partition coefficient (Wildman–Crippen LogP) is 4.39. The van der Waals surface area contributed by atoms with Crippen molar-refractivity contribution in [3.05, 3.63) is 57.9 Å². The Balaban J connectivity index is 1.33. The normalized spacial score (nSPS) is 16.0. The Morgan fingerprint density at radius 3 is 2.71 bits per heavy atom. The number of benzene rings is 1. The maximum Gasteiger partial charge on any atom is 0.266 e. The summed E-state index contributed by atoms with van der Waals surface area (Å²) in [5.41, 5.74) is 1.93. The fourth-order valence-corrected chi connectivity index (χ4v) is 5.19. The van der Waals surface area contributed by atoms with E-state index >= 15 is 0 Å². The Hall–Kier alpha value is -3.00. The zero-order valence-corrected chi connectivity index (χ0v) is 18.5. The van der Waals surface area contributed by atoms with Gasteiger partial charge >= 0.3 is 0 Å². The lowest BCUT2D eigenvalue weighted by atomic mass is 10.0. The number of thiazole rings is 1. The summed E-state index contributed by atoms with van der Waals surface area (Å²) in [6.07, 6.45) is 3.43. The molecule has 0 N–H and O–H groups in total. The number of ether oxygens (including phenoxy) is 2. The van der Waals surface area contributed by atoms with Crippen molar-refractivity contribution >= 4 is 22.9 Å². The van der Waals surface area contributed by atoms with E-state index in [2.05, 4.69) is 16.0 Å². The van der Waals surface area contributed by atoms with E-state index in [0.29, 0.717) is 6.54 Å². The Morgan fingerprint density at radius 2 is 2.00 bits per heavy atom. The number of carbonyl (C=O) groups is 1. The molecule has 1 saturated heterocycles. The lowest BCUT2D eigenvalue weighted by molar-refractivity contribution is 0.0618. The highest BCUT2D eigenvalue weighted by Gasteiger charge is 2.31. The van der Waals surface area contributed by atoms with E-state index < -0.39 is 0 Å². The first-order valence-electron chi connectivity index (χ1n) is 10.5. The van der Waals surface area contributed by atoms with Crippen LogP contribution in [0, 0.1) is 13.8 Å². The Kier molecular flexibility index (Phi) is 5.31. The van der Waals surface area contributed by atoms with Gasteiger partial charge in [0.15, 0.2) is 11.5 Å². The summed E-state index contributed by atoms with van der Waals surface area (Å²) in [7, 11) is 0. The average Bonchev–Trinajstić information content (AvgIpc) is 3.52. The minimum absolute atomic E-state index is 0.0426. The maximum atomic E-state index is 13.5. The second kappa shape index (κ2) is 8.26. The molecule has 0 bridgehead atoms. The van der Waals surface area contributed by atoms with Crippen LogP contribution >= 0.6 is 11.3 Å². The summed E-state index contributed by atoms with van der Waals surface area (Å²) in [6.45, 7) is 6.33. The standard InChI is InChI=1S/C23H25N3O4S/c1-15-22(31-16(2)24-15)23(27)26(13-19-4-3-11-28-19)17-7-9-25(10-8-17)18-5-6-20-21(12-18)30-14-29-20/h3-6,11-12,17H,7-10,13-14H2,1-2H3. The van der Waals surface area contributed by atoms with Crippen molar-refractivity contribution in [2.24, 2.45) is 0 Å². The Labute approximate surface area is 185 Å². The number of anilines is 1. The Morgan fingerprint density at radius 1 is 1.19 bits per heavy atom. The molecule has 1 fully saturated rings. The van der Waals surface area contributed by atoms with Crippen LogP contribution in [0.3, 0.4) is 0 Å². The van der Waals surface area contributed by atoms with Gasteiger partial charge in [-0.1, -0.05) is 0 Å². The third-order valence-corrected chi connectivity index (χ3v) is 6.95. The summed E-state index contributed by atoms with van der Waals surface area (Å²) in [5, 5.41) is 0.913. The molecular weight excluding hydrogens is 414 g/mol. The first-order valence-corrected chi connectivity index (χ1v) is 11.3. The molecular formula is C23H25N3O4S. The van der Waals surface area contributed by atoms with Crippen molar-refractivity contribution in [1.82, 2.24) is 9.88 Å². The van der Waals surface area contributed by atoms with Gasteiger partial charge in [-0.25, -0.2) is 4.98 Å². The van der Waals surface area contributed by atoms with Crippen LogP contribution < -0.4 is 14.4 Å². The van der Waals surface area contributed by atoms with E-state index in [0.717, 1.165) is 64.5 Å². The number of aromatic nitrogens is 1. The fraction of sp³-hybridized carbons (Fsp3) is 0.391. The first-order chi connectivity index (χ1) is 15.1. The van der Waals surface area contributed by atoms with E-state index in [4.69, 9.17) is 13.9 Å². The molecule has 2 aromatic heterocycles. The lowest BCUT2D eigenvalue weighted by Crippen LogP contribution is -2.47. The van der Waals surface area contributed by atoms with Crippen LogP contribution in [-0.4, -0.2) is 41.7 Å². The largest absolute Gasteiger partial charge is 0.467 e. The number of aryl methyl sites for hydroxylation is 2. The van der Waals surface area contributed by atoms with Crippen LogP contribution in [0.25, 0.3) is 0 Å². The van der Waals surface area contributed by atoms with Crippen molar-refractivity contribution < 1.29 is 18.7 Å². The number of carbonyl (C=O) groups excluding carboxylic acids is 1. The molecule has 162 valence electrons. The second-order valence-corrected chi connectivity index (χ2v) is 9.12. The number of hydrogen-bond donors (Lipinski definition) is 0. The molecule has 0 atom stereocenters. The van der Waals surface area contributed by atoms with Gasteiger partial charge in [0.25, 0.3) is 5.91 Å². The highest BCUT2D eigenvalue weighted by molar-refractivity contribution is 7.13. The summed E-state index contributed by atoms with van der Waals surface area (Å²) in [5.74, 6) is 2.43. The molecule has 0 unspecified atom stereocenters. The van der Waals surface area contributed by atoms with Crippen molar-refractivity contribution in [2.75, 3.05) is 24.8 Å². The molecule has 0 spiro atoms. The number of hydrogen-bond acceptors (Lipinski definition) is 7. The van der Waals surface area contributed by atoms with Crippen LogP contribution in [-0.2, 0) is 6.54 Å². The summed E-state index contributed by atoms with van der Waals surface area (Å²) in [4.78, 5) is 23.0. The molecule has 0 radical (unpaired) electrons. The van der Waals surface area contributed by atoms with Crippen LogP contribution in [0.2, 0.25) is 0 Å². The van der Waals surface area contributed by atoms with Gasteiger partial charge in [0.1, 0.15) is 10.6 Å². The van der Waals surface area contributed by atoms with Crippen molar-refractivity contribution in [1.29, 1.82) is 0 Å². The third-order valence-electron chi connectivity index (χ3n) is 5.89. The van der Waals surface area contributed by atoms with Crippen molar-refractivity contribution in [3.63, 3.8) is 0 Å². The SMILES string of the molecule is Cc1nc(C)c(C(=O)N(Cc2ccco2)C2CCN(c3ccc4c(c3)OCO4)CC2)s1. The number of fused-ring (bicyclic) bond motifs is 1. The average molecular weight is 440 g/mol. The third kappa shape index (κ3) is 3.99. The Bertz CT molecular complexity index is 1070. The van der Waals surface area contributed by atoms with Crippen LogP contribution in [0.1, 0.15) is 39.0 Å². The minimum Gasteiger partial charge on any atom is -0.467 e. The van der Waals surface area contributed by atoms with Gasteiger partial charge in [0.05, 0.1) is 23.5 Å². The molecule has 7 nitrogen and oxygen atoms in total. The quantitative estimate of drug-likeness (QED) is 0.587. The van der Waals surface area contributed by atoms with Gasteiger partial charge < -0.3 is 23.7 Å². The number of rotatable bonds is 5. The molecule has 2 aliphatic heterocycles. The van der Waals surface area contributed by atoms with Gasteiger partial charge in [0.2, 0.25) is 6.79 Å². The minimum atomic E-state index is 0.0426. The van der Waals surface area contributed by atoms with Gasteiger partial charge in [-0.2, -0.15) is 0 Å². The zero-order chi connectivity index (χ0) is 21.4. The molecule has 31 heavy (non-hydrogen) atoms. The van der Waals surface area contributed by atoms with Gasteiger partial charge in [-0.3, -0.25) is 4.79 Å². The van der Waals surface area contributed by atoms with E-state index in [1.807, 2.05) is 43.0 Å². The van der Waals surface area contributed by atoms with Crippen LogP contribution in [0.15, 0.2) is 41.0 Å². The molecule has 4 heterocycles. The van der Waals surface area contributed by atoms with Gasteiger partial charge in [-0.05, 0) is 51.0 Å². The molecule has 3 aromatic rings. The number of amides is 1. The van der Waals surface area contributed by atoms with Crippen LogP contribution in [0.4, 0.5) is 5.69 Å². The smallest absolute Gasteiger partial charge is 0.266 e. The predicted molar refractivity (Wildman–Crippen MR) is 118 cm³/mol. The second-order valence-electron chi connectivity index (χ2n) is 7.92. The van der Waals surface area contributed by atoms with Gasteiger partial charge in [-0.15, -0.1) is 11.3 Å². The maximum absolute atomic E-state index is 13.5. The fourth-order valence-electron chi connectivity index (χ4n) is 4.31. The monoisotopic (exact) mass is 439 g/mol. The summed E-state index contributed by atoms with van der Waals surface area (Å²) < 4.78 is 16.5. The summed E-state index contributed by atoms with van der Waals surface area (Å²) in [6, 6.07) is 10.0. The molecule has 8 heteroatoms. The molecule has 2 aliphatic rings. The van der Waals surface area contributed by atoms with Crippen molar-refractivity contribution in [2.45, 2.75) is 39.3 Å². The number of piperidine rings is 1. The lowest BCUT2D eigenvalue weighted by Gasteiger charge is -2.39. The molecule has 1 amide bonds. The highest BCUT2D eigenvalue weighted by Crippen LogP contribution is 2.36. The van der Waals surface area contributed by atoms with E-state index in [1.54, 1.807) is 6.26 Å². The molecule has 0 saturated carbocycles. The highest BCUT2D eigenvalue weighted by atomic mass is 32.1. The summed E-state index contributed by atoms with van der Waals surface area (Å²) >= 11 is 1.47. The zero-order valence-electron chi connectivity index (χ0n) is 17.7. The van der Waals surface area contributed by atoms with E-state index in [9.17, 15) is 4.79 Å². The number of furan rings is 1. The first kappa shape index (κ1) is 19.9. The van der Waals surface area contributed by atoms with Gasteiger partial charge in [0, 0.05) is 30.9 Å².